The zero-order chi connectivity index (χ0) is 21.4. The molecule has 0 saturated carbocycles. The Morgan fingerprint density at radius 3 is 2.34 bits per heavy atom. The number of amides is 2. The Morgan fingerprint density at radius 1 is 1.17 bits per heavy atom. The van der Waals surface area contributed by atoms with Crippen molar-refractivity contribution in [3.63, 3.8) is 0 Å². The van der Waals surface area contributed by atoms with Gasteiger partial charge in [0.1, 0.15) is 11.1 Å². The molecule has 0 atom stereocenters. The molecule has 1 heterocycles. The third-order valence-electron chi connectivity index (χ3n) is 3.62. The maximum absolute atomic E-state index is 12.2. The number of nitrogens with zero attached hydrogens (tertiary/aromatic N) is 2. The maximum atomic E-state index is 12.2. The molecule has 1 aromatic heterocycles. The number of nitriles is 1. The van der Waals surface area contributed by atoms with Gasteiger partial charge in [-0.05, 0) is 44.2 Å². The molecule has 2 aromatic rings. The number of esters is 1. The Hall–Kier alpha value is -3.38. The summed E-state index contributed by atoms with van der Waals surface area (Å²) < 4.78 is 4.96. The summed E-state index contributed by atoms with van der Waals surface area (Å²) in [5, 5.41) is 15.1. The van der Waals surface area contributed by atoms with E-state index in [2.05, 4.69) is 15.6 Å². The molecule has 0 fully saturated rings. The van der Waals surface area contributed by atoms with Crippen LogP contribution in [0, 0.1) is 18.3 Å². The molecule has 0 unspecified atom stereocenters. The van der Waals surface area contributed by atoms with E-state index in [0.29, 0.717) is 22.1 Å². The number of pyridine rings is 1. The van der Waals surface area contributed by atoms with Gasteiger partial charge in [-0.2, -0.15) is 5.26 Å². The number of benzene rings is 1. The first kappa shape index (κ1) is 21.9. The predicted octanol–water partition coefficient (Wildman–Crippen LogP) is 3.13. The molecule has 0 aliphatic heterocycles. The molecule has 1 aromatic carbocycles. The van der Waals surface area contributed by atoms with Gasteiger partial charge in [-0.15, -0.1) is 0 Å². The second kappa shape index (κ2) is 10.2. The van der Waals surface area contributed by atoms with E-state index in [1.165, 1.54) is 13.0 Å². The molecule has 0 spiro atoms. The lowest BCUT2D eigenvalue weighted by atomic mass is 10.1. The van der Waals surface area contributed by atoms with Crippen molar-refractivity contribution in [1.82, 2.24) is 4.98 Å². The van der Waals surface area contributed by atoms with Gasteiger partial charge in [0.05, 0.1) is 29.2 Å². The number of rotatable bonds is 7. The summed E-state index contributed by atoms with van der Waals surface area (Å²) in [6, 6.07) is 10.1. The quantitative estimate of drug-likeness (QED) is 0.529. The standard InChI is InChI=1S/C20H20N4O4S/c1-4-28-20(27)17-9-14(10-21)19(22-12(17)2)29-11-18(26)24-16-7-5-15(6-8-16)23-13(3)25/h5-9H,4,11H2,1-3H3,(H,23,25)(H,24,26). The molecule has 0 aliphatic rings. The van der Waals surface area contributed by atoms with Crippen molar-refractivity contribution >= 4 is 40.9 Å². The number of thioether (sulfide) groups is 1. The van der Waals surface area contributed by atoms with Crippen molar-refractivity contribution in [1.29, 1.82) is 5.26 Å². The molecule has 150 valence electrons. The normalized spacial score (nSPS) is 10.0. The molecular formula is C20H20N4O4S. The minimum absolute atomic E-state index is 0.0350. The van der Waals surface area contributed by atoms with Crippen molar-refractivity contribution in [3.05, 3.63) is 47.2 Å². The molecule has 9 heteroatoms. The Kier molecular flexibility index (Phi) is 7.74. The fourth-order valence-electron chi connectivity index (χ4n) is 2.36. The zero-order valence-corrected chi connectivity index (χ0v) is 17.1. The molecule has 2 rings (SSSR count). The number of carbonyl (C=O) groups excluding carboxylic acids is 3. The monoisotopic (exact) mass is 412 g/mol. The van der Waals surface area contributed by atoms with Crippen LogP contribution in [0.1, 0.15) is 35.5 Å². The third-order valence-corrected chi connectivity index (χ3v) is 4.61. The van der Waals surface area contributed by atoms with Crippen LogP contribution in [0.15, 0.2) is 35.4 Å². The molecular weight excluding hydrogens is 392 g/mol. The number of hydrogen-bond acceptors (Lipinski definition) is 7. The maximum Gasteiger partial charge on any atom is 0.340 e. The van der Waals surface area contributed by atoms with E-state index in [9.17, 15) is 19.6 Å². The van der Waals surface area contributed by atoms with Gasteiger partial charge in [0.2, 0.25) is 11.8 Å². The van der Waals surface area contributed by atoms with Gasteiger partial charge in [0.25, 0.3) is 0 Å². The van der Waals surface area contributed by atoms with Gasteiger partial charge in [-0.3, -0.25) is 9.59 Å². The first-order valence-corrected chi connectivity index (χ1v) is 9.71. The number of carbonyl (C=O) groups is 3. The van der Waals surface area contributed by atoms with Gasteiger partial charge in [0, 0.05) is 18.3 Å². The van der Waals surface area contributed by atoms with Gasteiger partial charge >= 0.3 is 5.97 Å². The lowest BCUT2D eigenvalue weighted by Gasteiger charge is -2.10. The summed E-state index contributed by atoms with van der Waals surface area (Å²) in [6.45, 7) is 4.98. The summed E-state index contributed by atoms with van der Waals surface area (Å²) in [5.41, 5.74) is 2.07. The van der Waals surface area contributed by atoms with Crippen LogP contribution in [0.25, 0.3) is 0 Å². The lowest BCUT2D eigenvalue weighted by Crippen LogP contribution is -2.15. The smallest absolute Gasteiger partial charge is 0.340 e. The first-order valence-electron chi connectivity index (χ1n) is 8.73. The SMILES string of the molecule is CCOC(=O)c1cc(C#N)c(SCC(=O)Nc2ccc(NC(C)=O)cc2)nc1C. The Morgan fingerprint density at radius 2 is 1.79 bits per heavy atom. The van der Waals surface area contributed by atoms with E-state index < -0.39 is 5.97 Å². The number of aryl methyl sites for hydroxylation is 1. The van der Waals surface area contributed by atoms with Crippen molar-refractivity contribution < 1.29 is 19.1 Å². The van der Waals surface area contributed by atoms with Gasteiger partial charge in [0.15, 0.2) is 0 Å². The van der Waals surface area contributed by atoms with Crippen LogP contribution in [-0.2, 0) is 14.3 Å². The van der Waals surface area contributed by atoms with E-state index in [1.807, 2.05) is 6.07 Å². The topological polar surface area (TPSA) is 121 Å². The van der Waals surface area contributed by atoms with Gasteiger partial charge in [-0.25, -0.2) is 9.78 Å². The second-order valence-electron chi connectivity index (χ2n) is 5.90. The fraction of sp³-hybridized carbons (Fsp3) is 0.250. The number of ether oxygens (including phenoxy) is 1. The summed E-state index contributed by atoms with van der Waals surface area (Å²) in [6.07, 6.45) is 0. The summed E-state index contributed by atoms with van der Waals surface area (Å²) in [7, 11) is 0. The van der Waals surface area contributed by atoms with Crippen LogP contribution < -0.4 is 10.6 Å². The second-order valence-corrected chi connectivity index (χ2v) is 6.87. The highest BCUT2D eigenvalue weighted by atomic mass is 32.2. The van der Waals surface area contributed by atoms with Crippen LogP contribution in [0.5, 0.6) is 0 Å². The van der Waals surface area contributed by atoms with Crippen LogP contribution in [0.2, 0.25) is 0 Å². The van der Waals surface area contributed by atoms with Crippen LogP contribution in [0.3, 0.4) is 0 Å². The Labute approximate surface area is 172 Å². The molecule has 0 aliphatic carbocycles. The fourth-order valence-corrected chi connectivity index (χ4v) is 3.16. The van der Waals surface area contributed by atoms with Crippen LogP contribution in [-0.4, -0.2) is 35.1 Å². The van der Waals surface area contributed by atoms with Crippen LogP contribution >= 0.6 is 11.8 Å². The third kappa shape index (κ3) is 6.33. The molecule has 0 bridgehead atoms. The van der Waals surface area contributed by atoms with E-state index in [4.69, 9.17) is 4.74 Å². The molecule has 2 amide bonds. The van der Waals surface area contributed by atoms with Crippen molar-refractivity contribution in [2.45, 2.75) is 25.8 Å². The van der Waals surface area contributed by atoms with Crippen LogP contribution in [0.4, 0.5) is 11.4 Å². The highest BCUT2D eigenvalue weighted by Gasteiger charge is 2.17. The highest BCUT2D eigenvalue weighted by Crippen LogP contribution is 2.24. The van der Waals surface area contributed by atoms with E-state index in [1.54, 1.807) is 38.1 Å². The Balaban J connectivity index is 2.02. The van der Waals surface area contributed by atoms with E-state index in [-0.39, 0.29) is 35.3 Å². The molecule has 0 saturated heterocycles. The van der Waals surface area contributed by atoms with E-state index in [0.717, 1.165) is 11.8 Å². The summed E-state index contributed by atoms with van der Waals surface area (Å²) in [4.78, 5) is 39.4. The minimum Gasteiger partial charge on any atom is -0.462 e. The largest absolute Gasteiger partial charge is 0.462 e. The average molecular weight is 412 g/mol. The van der Waals surface area contributed by atoms with E-state index >= 15 is 0 Å². The van der Waals surface area contributed by atoms with Gasteiger partial charge in [-0.1, -0.05) is 11.8 Å². The summed E-state index contributed by atoms with van der Waals surface area (Å²) >= 11 is 1.10. The minimum atomic E-state index is -0.536. The van der Waals surface area contributed by atoms with Gasteiger partial charge < -0.3 is 15.4 Å². The first-order chi connectivity index (χ1) is 13.8. The molecule has 8 nitrogen and oxygen atoms in total. The number of nitrogens with one attached hydrogen (secondary N) is 2. The number of hydrogen-bond donors (Lipinski definition) is 2. The number of anilines is 2. The Bertz CT molecular complexity index is 968. The van der Waals surface area contributed by atoms with Crippen molar-refractivity contribution in [2.24, 2.45) is 0 Å². The molecule has 29 heavy (non-hydrogen) atoms. The highest BCUT2D eigenvalue weighted by molar-refractivity contribution is 8.00. The number of aromatic nitrogens is 1. The molecule has 2 N–H and O–H groups in total. The van der Waals surface area contributed by atoms with Crippen molar-refractivity contribution in [3.8, 4) is 6.07 Å². The zero-order valence-electron chi connectivity index (χ0n) is 16.2. The summed E-state index contributed by atoms with van der Waals surface area (Å²) in [5.74, 6) is -0.956. The van der Waals surface area contributed by atoms with Crippen molar-refractivity contribution in [2.75, 3.05) is 23.0 Å². The average Bonchev–Trinajstić information content (AvgIpc) is 2.67. The molecule has 0 radical (unpaired) electrons. The predicted molar refractivity (Wildman–Crippen MR) is 110 cm³/mol. The lowest BCUT2D eigenvalue weighted by molar-refractivity contribution is -0.114.